The van der Waals surface area contributed by atoms with Gasteiger partial charge in [-0.3, -0.25) is 0 Å². The fraction of sp³-hybridized carbons (Fsp3) is 0.238. The van der Waals surface area contributed by atoms with Crippen molar-refractivity contribution < 1.29 is 8.78 Å². The van der Waals surface area contributed by atoms with Crippen LogP contribution >= 0.6 is 24.4 Å². The summed E-state index contributed by atoms with van der Waals surface area (Å²) < 4.78 is 29.0. The van der Waals surface area contributed by atoms with Crippen molar-refractivity contribution in [3.05, 3.63) is 83.8 Å². The standard InChI is InChI=1S/C18H16F2S.C2H6.CH4S/c1-6-14-15-9-8-13(12(5)21-11(3)4)10-17(15)18(19,20)16(14)7-2;2*1-2/h6-10H,1-3,5H2,4H3;1-2H3;2H,1H3. The lowest BCUT2D eigenvalue weighted by atomic mass is 10.0. The highest BCUT2D eigenvalue weighted by atomic mass is 32.2. The van der Waals surface area contributed by atoms with E-state index in [9.17, 15) is 8.78 Å². The molecule has 0 radical (unpaired) electrons. The van der Waals surface area contributed by atoms with E-state index < -0.39 is 5.92 Å². The SMILES string of the molecule is C=CC1=C(C=C)C(F)(F)c2cc(C(=C)SC(=C)C)ccc21.CC.CS. The Hall–Kier alpha value is -1.52. The Bertz CT molecular complexity index is 698. The zero-order valence-corrected chi connectivity index (χ0v) is 17.0. The molecular weight excluding hydrogens is 354 g/mol. The molecule has 1 aliphatic carbocycles. The van der Waals surface area contributed by atoms with Crippen LogP contribution in [0.5, 0.6) is 0 Å². The van der Waals surface area contributed by atoms with Crippen LogP contribution in [0.2, 0.25) is 0 Å². The van der Waals surface area contributed by atoms with Gasteiger partial charge in [-0.1, -0.05) is 76.2 Å². The van der Waals surface area contributed by atoms with Gasteiger partial charge in [0.05, 0.1) is 0 Å². The summed E-state index contributed by atoms with van der Waals surface area (Å²) in [5.74, 6) is -3.05. The quantitative estimate of drug-likeness (QED) is 0.510. The summed E-state index contributed by atoms with van der Waals surface area (Å²) in [6.45, 7) is 20.7. The van der Waals surface area contributed by atoms with E-state index >= 15 is 0 Å². The van der Waals surface area contributed by atoms with Crippen LogP contribution in [-0.4, -0.2) is 6.26 Å². The van der Waals surface area contributed by atoms with Gasteiger partial charge in [0.1, 0.15) is 0 Å². The Labute approximate surface area is 160 Å². The summed E-state index contributed by atoms with van der Waals surface area (Å²) in [5, 5.41) is 0. The van der Waals surface area contributed by atoms with Crippen LogP contribution in [0, 0.1) is 0 Å². The molecule has 0 spiro atoms. The van der Waals surface area contributed by atoms with Crippen LogP contribution < -0.4 is 0 Å². The van der Waals surface area contributed by atoms with E-state index in [4.69, 9.17) is 0 Å². The molecule has 0 saturated carbocycles. The van der Waals surface area contributed by atoms with E-state index in [1.165, 1.54) is 30.0 Å². The van der Waals surface area contributed by atoms with Gasteiger partial charge in [0, 0.05) is 16.0 Å². The smallest absolute Gasteiger partial charge is 0.196 e. The van der Waals surface area contributed by atoms with E-state index in [1.807, 2.05) is 20.8 Å². The molecule has 0 bridgehead atoms. The Morgan fingerprint density at radius 2 is 1.68 bits per heavy atom. The summed E-state index contributed by atoms with van der Waals surface area (Å²) in [7, 11) is 0. The Kier molecular flexibility index (Phi) is 9.83. The van der Waals surface area contributed by atoms with Gasteiger partial charge in [-0.05, 0) is 40.9 Å². The topological polar surface area (TPSA) is 0 Å². The number of hydrogen-bond acceptors (Lipinski definition) is 2. The molecular formula is C21H26F2S2. The van der Waals surface area contributed by atoms with Crippen molar-refractivity contribution in [2.24, 2.45) is 0 Å². The fourth-order valence-electron chi connectivity index (χ4n) is 2.40. The number of thioether (sulfide) groups is 1. The van der Waals surface area contributed by atoms with E-state index in [2.05, 4.69) is 38.9 Å². The molecule has 1 aliphatic rings. The number of alkyl halides is 2. The molecule has 0 aromatic heterocycles. The highest BCUT2D eigenvalue weighted by molar-refractivity contribution is 8.11. The lowest BCUT2D eigenvalue weighted by Crippen LogP contribution is -2.12. The van der Waals surface area contributed by atoms with Gasteiger partial charge in [-0.25, -0.2) is 0 Å². The summed E-state index contributed by atoms with van der Waals surface area (Å²) in [5.41, 5.74) is 1.50. The van der Waals surface area contributed by atoms with Gasteiger partial charge < -0.3 is 0 Å². The van der Waals surface area contributed by atoms with Crippen LogP contribution in [0.25, 0.3) is 10.5 Å². The molecule has 1 aromatic carbocycles. The Morgan fingerprint density at radius 1 is 1.12 bits per heavy atom. The minimum absolute atomic E-state index is 0.0201. The molecule has 0 heterocycles. The van der Waals surface area contributed by atoms with Crippen molar-refractivity contribution in [1.29, 1.82) is 0 Å². The zero-order chi connectivity index (χ0) is 19.8. The van der Waals surface area contributed by atoms with Crippen LogP contribution in [0.3, 0.4) is 0 Å². The molecule has 0 N–H and O–H groups in total. The Morgan fingerprint density at radius 3 is 2.12 bits per heavy atom. The number of hydrogen-bond donors (Lipinski definition) is 1. The predicted octanol–water partition coefficient (Wildman–Crippen LogP) is 7.73. The van der Waals surface area contributed by atoms with Gasteiger partial charge >= 0.3 is 0 Å². The highest BCUT2D eigenvalue weighted by Crippen LogP contribution is 2.50. The average molecular weight is 381 g/mol. The second kappa shape index (κ2) is 10.5. The van der Waals surface area contributed by atoms with Crippen molar-refractivity contribution >= 4 is 34.9 Å². The largest absolute Gasteiger partial charge is 0.299 e. The van der Waals surface area contributed by atoms with E-state index in [-0.39, 0.29) is 11.1 Å². The normalized spacial score (nSPS) is 13.6. The molecule has 0 fully saturated rings. The molecule has 0 aliphatic heterocycles. The third-order valence-electron chi connectivity index (χ3n) is 3.30. The summed E-state index contributed by atoms with van der Waals surface area (Å²) in [6, 6.07) is 4.98. The predicted molar refractivity (Wildman–Crippen MR) is 115 cm³/mol. The minimum atomic E-state index is -3.05. The lowest BCUT2D eigenvalue weighted by molar-refractivity contribution is 0.0461. The maximum absolute atomic E-state index is 14.5. The number of fused-ring (bicyclic) bond motifs is 1. The monoisotopic (exact) mass is 380 g/mol. The van der Waals surface area contributed by atoms with E-state index in [1.54, 1.807) is 18.4 Å². The first-order valence-corrected chi connectivity index (χ1v) is 9.53. The molecule has 0 unspecified atom stereocenters. The lowest BCUT2D eigenvalue weighted by Gasteiger charge is -2.15. The highest BCUT2D eigenvalue weighted by Gasteiger charge is 2.44. The van der Waals surface area contributed by atoms with E-state index in [0.29, 0.717) is 21.6 Å². The summed E-state index contributed by atoms with van der Waals surface area (Å²) >= 11 is 4.91. The van der Waals surface area contributed by atoms with Crippen molar-refractivity contribution in [1.82, 2.24) is 0 Å². The van der Waals surface area contributed by atoms with Crippen LogP contribution in [0.4, 0.5) is 8.78 Å². The molecule has 25 heavy (non-hydrogen) atoms. The van der Waals surface area contributed by atoms with Crippen molar-refractivity contribution in [2.45, 2.75) is 26.7 Å². The van der Waals surface area contributed by atoms with Crippen LogP contribution in [-0.2, 0) is 5.92 Å². The minimum Gasteiger partial charge on any atom is -0.196 e. The number of halogens is 2. The second-order valence-corrected chi connectivity index (χ2v) is 6.19. The van der Waals surface area contributed by atoms with Gasteiger partial charge in [0.25, 0.3) is 5.92 Å². The first kappa shape index (κ1) is 23.5. The number of thiol groups is 1. The van der Waals surface area contributed by atoms with Crippen molar-refractivity contribution in [3.8, 4) is 0 Å². The van der Waals surface area contributed by atoms with Gasteiger partial charge in [-0.15, -0.1) is 0 Å². The number of allylic oxidation sites excluding steroid dienone is 5. The number of rotatable bonds is 5. The zero-order valence-electron chi connectivity index (χ0n) is 15.3. The molecule has 0 atom stereocenters. The molecule has 4 heteroatoms. The van der Waals surface area contributed by atoms with Gasteiger partial charge in [-0.2, -0.15) is 21.4 Å². The third kappa shape index (κ3) is 4.99. The molecule has 0 nitrogen and oxygen atoms in total. The van der Waals surface area contributed by atoms with Crippen LogP contribution in [0.1, 0.15) is 37.5 Å². The number of benzene rings is 1. The summed E-state index contributed by atoms with van der Waals surface area (Å²) in [4.78, 5) is 1.57. The van der Waals surface area contributed by atoms with Gasteiger partial charge in [0.2, 0.25) is 0 Å². The molecule has 0 amide bonds. The molecule has 136 valence electrons. The average Bonchev–Trinajstić information content (AvgIpc) is 2.83. The first-order chi connectivity index (χ1) is 11.8. The second-order valence-electron chi connectivity index (χ2n) is 4.80. The van der Waals surface area contributed by atoms with Crippen LogP contribution in [0.15, 0.2) is 67.1 Å². The molecule has 2 rings (SSSR count). The third-order valence-corrected chi connectivity index (χ3v) is 4.13. The van der Waals surface area contributed by atoms with Crippen molar-refractivity contribution in [3.63, 3.8) is 0 Å². The van der Waals surface area contributed by atoms with Crippen molar-refractivity contribution in [2.75, 3.05) is 6.26 Å². The maximum Gasteiger partial charge on any atom is 0.299 e. The fourth-order valence-corrected chi connectivity index (χ4v) is 3.06. The van der Waals surface area contributed by atoms with Gasteiger partial charge in [0.15, 0.2) is 0 Å². The molecule has 0 saturated heterocycles. The molecule has 1 aromatic rings. The summed E-state index contributed by atoms with van der Waals surface area (Å²) in [6.07, 6.45) is 4.35. The van der Waals surface area contributed by atoms with E-state index in [0.717, 1.165) is 4.91 Å². The first-order valence-electron chi connectivity index (χ1n) is 7.82. The maximum atomic E-state index is 14.5. The Balaban J connectivity index is 0.00000134.